The van der Waals surface area contributed by atoms with Gasteiger partial charge in [-0.3, -0.25) is 4.90 Å². The van der Waals surface area contributed by atoms with Gasteiger partial charge in [0.25, 0.3) is 0 Å². The molecule has 0 aromatic carbocycles. The summed E-state index contributed by atoms with van der Waals surface area (Å²) in [4.78, 5) is 2.12. The molecule has 2 rings (SSSR count). The van der Waals surface area contributed by atoms with Gasteiger partial charge < -0.3 is 14.9 Å². The second-order valence-electron chi connectivity index (χ2n) is 4.55. The summed E-state index contributed by atoms with van der Waals surface area (Å²) in [6, 6.07) is 0.104. The van der Waals surface area contributed by atoms with E-state index in [0.29, 0.717) is 26.3 Å². The molecule has 2 heterocycles. The molecule has 2 saturated heterocycles. The fourth-order valence-corrected chi connectivity index (χ4v) is 2.45. The highest BCUT2D eigenvalue weighted by atomic mass is 16.5. The van der Waals surface area contributed by atoms with Crippen molar-refractivity contribution in [3.8, 4) is 0 Å². The lowest BCUT2D eigenvalue weighted by Gasteiger charge is -2.49. The number of nitrogens with zero attached hydrogens (tertiary/aromatic N) is 1. The molecule has 14 heavy (non-hydrogen) atoms. The third-order valence-electron chi connectivity index (χ3n) is 3.20. The van der Waals surface area contributed by atoms with E-state index in [9.17, 15) is 10.2 Å². The molecular formula is C10H19NO3. The second-order valence-corrected chi connectivity index (χ2v) is 4.55. The first kappa shape index (κ1) is 10.4. The maximum Gasteiger partial charge on any atom is 0.0950 e. The minimum Gasteiger partial charge on any atom is -0.389 e. The molecule has 0 saturated carbocycles. The Balaban J connectivity index is 1.81. The Kier molecular flexibility index (Phi) is 2.79. The van der Waals surface area contributed by atoms with Gasteiger partial charge in [0.05, 0.1) is 31.0 Å². The molecule has 2 aliphatic heterocycles. The number of rotatable bonds is 3. The van der Waals surface area contributed by atoms with Crippen LogP contribution in [0.1, 0.15) is 19.8 Å². The van der Waals surface area contributed by atoms with Crippen molar-refractivity contribution < 1.29 is 14.9 Å². The first-order valence-corrected chi connectivity index (χ1v) is 5.37. The summed E-state index contributed by atoms with van der Waals surface area (Å²) in [6.45, 7) is 4.49. The maximum absolute atomic E-state index is 9.96. The highest BCUT2D eigenvalue weighted by molar-refractivity contribution is 5.00. The number of ether oxygens (including phenoxy) is 1. The smallest absolute Gasteiger partial charge is 0.0950 e. The van der Waals surface area contributed by atoms with Gasteiger partial charge in [0, 0.05) is 13.1 Å². The topological polar surface area (TPSA) is 52.9 Å². The summed E-state index contributed by atoms with van der Waals surface area (Å²) in [7, 11) is 0. The fraction of sp³-hybridized carbons (Fsp3) is 1.00. The number of likely N-dealkylation sites (tertiary alicyclic amines) is 1. The molecule has 0 aliphatic carbocycles. The summed E-state index contributed by atoms with van der Waals surface area (Å²) >= 11 is 0. The van der Waals surface area contributed by atoms with Crippen molar-refractivity contribution in [2.75, 3.05) is 26.3 Å². The number of hydrogen-bond donors (Lipinski definition) is 2. The van der Waals surface area contributed by atoms with Crippen molar-refractivity contribution in [2.24, 2.45) is 0 Å². The van der Waals surface area contributed by atoms with E-state index in [1.165, 1.54) is 0 Å². The predicted octanol–water partition coefficient (Wildman–Crippen LogP) is -0.407. The van der Waals surface area contributed by atoms with Crippen molar-refractivity contribution >= 4 is 0 Å². The molecule has 0 aromatic heterocycles. The van der Waals surface area contributed by atoms with Crippen LogP contribution in [0.25, 0.3) is 0 Å². The van der Waals surface area contributed by atoms with Crippen LogP contribution in [0, 0.1) is 0 Å². The Morgan fingerprint density at radius 1 is 1.43 bits per heavy atom. The number of aliphatic hydroxyl groups excluding tert-OH is 1. The molecule has 0 aromatic rings. The lowest BCUT2D eigenvalue weighted by atomic mass is 9.87. The van der Waals surface area contributed by atoms with Crippen LogP contribution in [0.5, 0.6) is 0 Å². The Labute approximate surface area is 84.5 Å². The van der Waals surface area contributed by atoms with E-state index in [4.69, 9.17) is 4.74 Å². The number of β-amino-alcohol motifs (C(OH)–C–C–N with tert-alkyl or cyclic N) is 1. The van der Waals surface area contributed by atoms with Gasteiger partial charge in [0.1, 0.15) is 0 Å². The van der Waals surface area contributed by atoms with E-state index in [1.54, 1.807) is 0 Å². The van der Waals surface area contributed by atoms with Crippen LogP contribution in [0.2, 0.25) is 0 Å². The van der Waals surface area contributed by atoms with E-state index >= 15 is 0 Å². The summed E-state index contributed by atoms with van der Waals surface area (Å²) in [6.07, 6.45) is 1.49. The van der Waals surface area contributed by atoms with Crippen molar-refractivity contribution in [2.45, 2.75) is 37.5 Å². The van der Waals surface area contributed by atoms with Gasteiger partial charge >= 0.3 is 0 Å². The van der Waals surface area contributed by atoms with Gasteiger partial charge in [-0.1, -0.05) is 13.3 Å². The van der Waals surface area contributed by atoms with E-state index in [-0.39, 0.29) is 12.1 Å². The molecular weight excluding hydrogens is 182 g/mol. The Bertz CT molecular complexity index is 204. The summed E-state index contributed by atoms with van der Waals surface area (Å²) in [5, 5.41) is 19.5. The van der Waals surface area contributed by atoms with Crippen molar-refractivity contribution in [3.63, 3.8) is 0 Å². The van der Waals surface area contributed by atoms with E-state index < -0.39 is 5.60 Å². The third-order valence-corrected chi connectivity index (χ3v) is 3.20. The number of aliphatic hydroxyl groups is 2. The average Bonchev–Trinajstić information content (AvgIpc) is 2.47. The van der Waals surface area contributed by atoms with Gasteiger partial charge in [0.2, 0.25) is 0 Å². The van der Waals surface area contributed by atoms with E-state index in [1.807, 2.05) is 0 Å². The van der Waals surface area contributed by atoms with Crippen LogP contribution in [0.15, 0.2) is 0 Å². The number of hydrogen-bond acceptors (Lipinski definition) is 4. The molecule has 2 fully saturated rings. The molecule has 2 aliphatic rings. The zero-order chi connectivity index (χ0) is 10.2. The van der Waals surface area contributed by atoms with Crippen LogP contribution >= 0.6 is 0 Å². The molecule has 2 N–H and O–H groups in total. The van der Waals surface area contributed by atoms with Gasteiger partial charge in [0.15, 0.2) is 0 Å². The van der Waals surface area contributed by atoms with Crippen molar-refractivity contribution in [3.05, 3.63) is 0 Å². The first-order chi connectivity index (χ1) is 6.64. The van der Waals surface area contributed by atoms with Crippen LogP contribution in [-0.2, 0) is 4.74 Å². The molecule has 2 atom stereocenters. The second kappa shape index (κ2) is 3.77. The quantitative estimate of drug-likeness (QED) is 0.652. The van der Waals surface area contributed by atoms with E-state index in [0.717, 1.165) is 12.8 Å². The zero-order valence-corrected chi connectivity index (χ0v) is 8.65. The predicted molar refractivity (Wildman–Crippen MR) is 52.0 cm³/mol. The van der Waals surface area contributed by atoms with E-state index in [2.05, 4.69) is 11.8 Å². The standard InChI is InChI=1S/C10H19NO3/c1-2-3-10(13)6-11(7-10)8-4-14-5-9(8)12/h8-9,12-13H,2-7H2,1H3. The van der Waals surface area contributed by atoms with Gasteiger partial charge in [-0.25, -0.2) is 0 Å². The Hall–Kier alpha value is -0.160. The molecule has 4 heteroatoms. The minimum absolute atomic E-state index is 0.104. The van der Waals surface area contributed by atoms with Crippen LogP contribution in [0.4, 0.5) is 0 Å². The van der Waals surface area contributed by atoms with Crippen LogP contribution in [-0.4, -0.2) is 59.2 Å². The molecule has 0 bridgehead atoms. The first-order valence-electron chi connectivity index (χ1n) is 5.37. The largest absolute Gasteiger partial charge is 0.389 e. The average molecular weight is 201 g/mol. The third kappa shape index (κ3) is 1.80. The summed E-state index contributed by atoms with van der Waals surface area (Å²) in [5.74, 6) is 0. The minimum atomic E-state index is -0.503. The lowest BCUT2D eigenvalue weighted by molar-refractivity contribution is -0.130. The molecule has 0 spiro atoms. The van der Waals surface area contributed by atoms with Gasteiger partial charge in [-0.15, -0.1) is 0 Å². The molecule has 2 unspecified atom stereocenters. The Morgan fingerprint density at radius 2 is 2.14 bits per heavy atom. The summed E-state index contributed by atoms with van der Waals surface area (Å²) < 4.78 is 5.18. The normalized spacial score (nSPS) is 37.1. The molecule has 82 valence electrons. The molecule has 4 nitrogen and oxygen atoms in total. The van der Waals surface area contributed by atoms with Crippen LogP contribution in [0.3, 0.4) is 0 Å². The molecule has 0 amide bonds. The SMILES string of the molecule is CCCC1(O)CN(C2COCC2O)C1. The molecule has 0 radical (unpaired) electrons. The highest BCUT2D eigenvalue weighted by Gasteiger charge is 2.46. The maximum atomic E-state index is 9.96. The summed E-state index contributed by atoms with van der Waals surface area (Å²) in [5.41, 5.74) is -0.503. The Morgan fingerprint density at radius 3 is 2.64 bits per heavy atom. The lowest BCUT2D eigenvalue weighted by Crippen LogP contribution is -2.66. The van der Waals surface area contributed by atoms with Gasteiger partial charge in [-0.05, 0) is 6.42 Å². The van der Waals surface area contributed by atoms with Crippen molar-refractivity contribution in [1.82, 2.24) is 4.90 Å². The van der Waals surface area contributed by atoms with Gasteiger partial charge in [-0.2, -0.15) is 0 Å². The zero-order valence-electron chi connectivity index (χ0n) is 8.65. The van der Waals surface area contributed by atoms with Crippen molar-refractivity contribution in [1.29, 1.82) is 0 Å². The fourth-order valence-electron chi connectivity index (χ4n) is 2.45. The van der Waals surface area contributed by atoms with Crippen LogP contribution < -0.4 is 0 Å². The monoisotopic (exact) mass is 201 g/mol. The highest BCUT2D eigenvalue weighted by Crippen LogP contribution is 2.29.